The molecule has 142 valence electrons. The smallest absolute Gasteiger partial charge is 0.177 e. The highest BCUT2D eigenvalue weighted by atomic mass is 35.5. The number of halogens is 1. The zero-order chi connectivity index (χ0) is 19.5. The minimum Gasteiger partial charge on any atom is -0.357 e. The topological polar surface area (TPSA) is 67.9 Å². The van der Waals surface area contributed by atoms with E-state index in [2.05, 4.69) is 0 Å². The maximum absolute atomic E-state index is 12.3. The second-order valence-electron chi connectivity index (χ2n) is 6.97. The Morgan fingerprint density at radius 1 is 1.25 bits per heavy atom. The number of hydrogen-bond donors (Lipinski definition) is 0. The van der Waals surface area contributed by atoms with Gasteiger partial charge in [0.15, 0.2) is 5.78 Å². The van der Waals surface area contributed by atoms with Crippen LogP contribution in [0.1, 0.15) is 43.0 Å². The molecule has 0 radical (unpaired) electrons. The number of carbonyl (C=O) groups is 1. The molecular weight excluding hydrogens is 374 g/mol. The Morgan fingerprint density at radius 3 is 2.82 bits per heavy atom. The van der Waals surface area contributed by atoms with Crippen LogP contribution in [0.5, 0.6) is 0 Å². The van der Waals surface area contributed by atoms with Crippen molar-refractivity contribution in [1.82, 2.24) is 9.78 Å². The van der Waals surface area contributed by atoms with Crippen molar-refractivity contribution in [3.05, 3.63) is 59.3 Å². The standard InChI is InChI=1S/C22H20ClN3O2/c23-12-16-5-1-2-6-18(16)22-19(15-8-9-17(13-24)20(27)11-15)14-26(25-22)21-7-3-4-10-28-21/h1-2,5-6,8-9,14,21H,3-4,7,10-12H2. The monoisotopic (exact) mass is 393 g/mol. The molecule has 0 N–H and O–H groups in total. The van der Waals surface area contributed by atoms with Crippen LogP contribution in [0.2, 0.25) is 0 Å². The lowest BCUT2D eigenvalue weighted by atomic mass is 9.91. The van der Waals surface area contributed by atoms with Crippen LogP contribution in [0.3, 0.4) is 0 Å². The number of allylic oxidation sites excluding steroid dienone is 4. The summed E-state index contributed by atoms with van der Waals surface area (Å²) in [4.78, 5) is 12.3. The van der Waals surface area contributed by atoms with Gasteiger partial charge in [-0.3, -0.25) is 4.79 Å². The average molecular weight is 394 g/mol. The Bertz CT molecular complexity index is 1010. The summed E-state index contributed by atoms with van der Waals surface area (Å²) < 4.78 is 7.77. The highest BCUT2D eigenvalue weighted by molar-refractivity contribution is 6.17. The van der Waals surface area contributed by atoms with Crippen molar-refractivity contribution in [2.75, 3.05) is 6.61 Å². The van der Waals surface area contributed by atoms with Crippen LogP contribution in [-0.4, -0.2) is 22.2 Å². The molecule has 1 aromatic heterocycles. The molecule has 0 amide bonds. The lowest BCUT2D eigenvalue weighted by molar-refractivity contribution is -0.114. The van der Waals surface area contributed by atoms with Gasteiger partial charge < -0.3 is 4.74 Å². The normalized spacial score (nSPS) is 19.7. The van der Waals surface area contributed by atoms with E-state index in [1.165, 1.54) is 0 Å². The minimum absolute atomic E-state index is 0.102. The Morgan fingerprint density at radius 2 is 2.11 bits per heavy atom. The first-order chi connectivity index (χ1) is 13.7. The summed E-state index contributed by atoms with van der Waals surface area (Å²) in [5.41, 5.74) is 4.65. The highest BCUT2D eigenvalue weighted by Gasteiger charge is 2.25. The molecule has 6 heteroatoms. The largest absolute Gasteiger partial charge is 0.357 e. The Hall–Kier alpha value is -2.68. The molecular formula is C22H20ClN3O2. The quantitative estimate of drug-likeness (QED) is 0.700. The average Bonchev–Trinajstić information content (AvgIpc) is 3.19. The van der Waals surface area contributed by atoms with Gasteiger partial charge in [0, 0.05) is 36.2 Å². The highest BCUT2D eigenvalue weighted by Crippen LogP contribution is 2.36. The predicted octanol–water partition coefficient (Wildman–Crippen LogP) is 4.79. The maximum atomic E-state index is 12.3. The summed E-state index contributed by atoms with van der Waals surface area (Å²) in [6.07, 6.45) is 8.55. The molecule has 2 aliphatic rings. The molecule has 1 aromatic carbocycles. The third kappa shape index (κ3) is 3.54. The fourth-order valence-corrected chi connectivity index (χ4v) is 3.89. The van der Waals surface area contributed by atoms with Crippen molar-refractivity contribution in [2.45, 2.75) is 37.8 Å². The summed E-state index contributed by atoms with van der Waals surface area (Å²) in [7, 11) is 0. The summed E-state index contributed by atoms with van der Waals surface area (Å²) in [6, 6.07) is 9.85. The molecule has 28 heavy (non-hydrogen) atoms. The van der Waals surface area contributed by atoms with Gasteiger partial charge in [0.25, 0.3) is 0 Å². The van der Waals surface area contributed by atoms with Crippen LogP contribution in [0.25, 0.3) is 16.8 Å². The van der Waals surface area contributed by atoms with Gasteiger partial charge in [-0.1, -0.05) is 30.3 Å². The van der Waals surface area contributed by atoms with Gasteiger partial charge in [-0.25, -0.2) is 4.68 Å². The molecule has 1 fully saturated rings. The van der Waals surface area contributed by atoms with Crippen LogP contribution in [0.15, 0.2) is 48.2 Å². The van der Waals surface area contributed by atoms with E-state index >= 15 is 0 Å². The SMILES string of the molecule is N#CC1=CC=C(c2cn(C3CCCCO3)nc2-c2ccccc2CCl)CC1=O. The van der Waals surface area contributed by atoms with Crippen molar-refractivity contribution >= 4 is 23.0 Å². The first kappa shape index (κ1) is 18.7. The Kier molecular flexibility index (Phi) is 5.43. The molecule has 0 spiro atoms. The maximum Gasteiger partial charge on any atom is 0.177 e. The van der Waals surface area contributed by atoms with E-state index in [0.29, 0.717) is 5.88 Å². The van der Waals surface area contributed by atoms with Gasteiger partial charge in [0.2, 0.25) is 0 Å². The predicted molar refractivity (Wildman–Crippen MR) is 107 cm³/mol. The Balaban J connectivity index is 1.83. The van der Waals surface area contributed by atoms with E-state index in [1.807, 2.05) is 47.3 Å². The molecule has 4 rings (SSSR count). The second kappa shape index (κ2) is 8.14. The molecule has 1 aliphatic carbocycles. The van der Waals surface area contributed by atoms with Crippen LogP contribution in [0.4, 0.5) is 0 Å². The summed E-state index contributed by atoms with van der Waals surface area (Å²) in [5, 5.41) is 13.9. The van der Waals surface area contributed by atoms with Crippen LogP contribution in [-0.2, 0) is 15.4 Å². The van der Waals surface area contributed by atoms with Crippen LogP contribution >= 0.6 is 11.6 Å². The zero-order valence-corrected chi connectivity index (χ0v) is 16.2. The van der Waals surface area contributed by atoms with Gasteiger partial charge in [0.05, 0.1) is 5.57 Å². The Labute approximate surface area is 168 Å². The molecule has 5 nitrogen and oxygen atoms in total. The number of ether oxygens (including phenoxy) is 1. The zero-order valence-electron chi connectivity index (χ0n) is 15.4. The summed E-state index contributed by atoms with van der Waals surface area (Å²) >= 11 is 6.16. The van der Waals surface area contributed by atoms with Gasteiger partial charge in [-0.2, -0.15) is 10.4 Å². The minimum atomic E-state index is -0.168. The lowest BCUT2D eigenvalue weighted by Gasteiger charge is -2.22. The molecule has 2 heterocycles. The molecule has 1 atom stereocenters. The van der Waals surface area contributed by atoms with Gasteiger partial charge >= 0.3 is 0 Å². The second-order valence-corrected chi connectivity index (χ2v) is 7.23. The number of alkyl halides is 1. The van der Waals surface area contributed by atoms with Crippen molar-refractivity contribution in [1.29, 1.82) is 5.26 Å². The molecule has 2 aromatic rings. The molecule has 1 unspecified atom stereocenters. The van der Waals surface area contributed by atoms with E-state index < -0.39 is 0 Å². The molecule has 1 aliphatic heterocycles. The number of hydrogen-bond acceptors (Lipinski definition) is 4. The number of carbonyl (C=O) groups excluding carboxylic acids is 1. The first-order valence-corrected chi connectivity index (χ1v) is 9.94. The number of ketones is 1. The third-order valence-corrected chi connectivity index (χ3v) is 5.46. The van der Waals surface area contributed by atoms with Gasteiger partial charge in [-0.05, 0) is 36.5 Å². The number of nitriles is 1. The van der Waals surface area contributed by atoms with E-state index in [9.17, 15) is 4.79 Å². The number of aromatic nitrogens is 2. The molecule has 1 saturated heterocycles. The van der Waals surface area contributed by atoms with Crippen LogP contribution in [0, 0.1) is 11.3 Å². The van der Waals surface area contributed by atoms with Crippen molar-refractivity contribution in [3.8, 4) is 17.3 Å². The number of benzene rings is 1. The summed E-state index contributed by atoms with van der Waals surface area (Å²) in [5.74, 6) is 0.206. The fourth-order valence-electron chi connectivity index (χ4n) is 3.66. The molecule has 0 bridgehead atoms. The molecule has 0 saturated carbocycles. The number of Topliss-reactive ketones (excluding diaryl/α,β-unsaturated/α-hetero) is 1. The van der Waals surface area contributed by atoms with Crippen molar-refractivity contribution in [3.63, 3.8) is 0 Å². The van der Waals surface area contributed by atoms with Gasteiger partial charge in [-0.15, -0.1) is 11.6 Å². The lowest BCUT2D eigenvalue weighted by Crippen LogP contribution is -2.18. The first-order valence-electron chi connectivity index (χ1n) is 9.40. The summed E-state index contributed by atoms with van der Waals surface area (Å²) in [6.45, 7) is 0.725. The number of rotatable bonds is 4. The van der Waals surface area contributed by atoms with Crippen molar-refractivity contribution < 1.29 is 9.53 Å². The fraction of sp³-hybridized carbons (Fsp3) is 0.318. The van der Waals surface area contributed by atoms with Crippen molar-refractivity contribution in [2.24, 2.45) is 0 Å². The van der Waals surface area contributed by atoms with E-state index in [4.69, 9.17) is 26.7 Å². The van der Waals surface area contributed by atoms with E-state index in [1.54, 1.807) is 6.08 Å². The number of nitrogens with zero attached hydrogens (tertiary/aromatic N) is 3. The van der Waals surface area contributed by atoms with Gasteiger partial charge in [0.1, 0.15) is 18.0 Å². The van der Waals surface area contributed by atoms with Crippen LogP contribution < -0.4 is 0 Å². The van der Waals surface area contributed by atoms with E-state index in [-0.39, 0.29) is 24.0 Å². The third-order valence-electron chi connectivity index (χ3n) is 5.17. The van der Waals surface area contributed by atoms with E-state index in [0.717, 1.165) is 53.8 Å².